The SMILES string of the molecule is CC(C)c1ccc(/C=C2\SC(=O)N(c3ccccc3F)C2=O)cc1. The van der Waals surface area contributed by atoms with Crippen molar-refractivity contribution in [2.45, 2.75) is 19.8 Å². The lowest BCUT2D eigenvalue weighted by molar-refractivity contribution is -0.113. The van der Waals surface area contributed by atoms with Crippen molar-refractivity contribution in [2.75, 3.05) is 4.90 Å². The Bertz CT molecular complexity index is 828. The maximum Gasteiger partial charge on any atom is 0.298 e. The molecule has 0 N–H and O–H groups in total. The first-order valence-electron chi connectivity index (χ1n) is 7.60. The van der Waals surface area contributed by atoms with E-state index in [0.717, 1.165) is 22.2 Å². The van der Waals surface area contributed by atoms with Gasteiger partial charge in [-0.25, -0.2) is 9.29 Å². The Morgan fingerprint density at radius 1 is 1.04 bits per heavy atom. The number of rotatable bonds is 3. The van der Waals surface area contributed by atoms with Crippen molar-refractivity contribution in [2.24, 2.45) is 0 Å². The number of carbonyl (C=O) groups is 2. The van der Waals surface area contributed by atoms with E-state index in [0.29, 0.717) is 10.8 Å². The van der Waals surface area contributed by atoms with E-state index in [1.807, 2.05) is 24.3 Å². The number of carbonyl (C=O) groups excluding carboxylic acids is 2. The van der Waals surface area contributed by atoms with Crippen molar-refractivity contribution in [1.29, 1.82) is 0 Å². The summed E-state index contributed by atoms with van der Waals surface area (Å²) in [5.41, 5.74) is 2.02. The highest BCUT2D eigenvalue weighted by Crippen LogP contribution is 2.36. The third-order valence-electron chi connectivity index (χ3n) is 3.79. The Kier molecular flexibility index (Phi) is 4.53. The number of halogens is 1. The molecule has 2 aromatic carbocycles. The molecule has 122 valence electrons. The molecule has 0 unspecified atom stereocenters. The average Bonchev–Trinajstić information content (AvgIpc) is 2.83. The monoisotopic (exact) mass is 341 g/mol. The molecule has 0 saturated carbocycles. The highest BCUT2D eigenvalue weighted by molar-refractivity contribution is 8.19. The van der Waals surface area contributed by atoms with Crippen LogP contribution in [-0.4, -0.2) is 11.1 Å². The quantitative estimate of drug-likeness (QED) is 0.721. The minimum atomic E-state index is -0.595. The van der Waals surface area contributed by atoms with Crippen molar-refractivity contribution in [3.05, 3.63) is 70.4 Å². The maximum atomic E-state index is 13.9. The first-order valence-corrected chi connectivity index (χ1v) is 8.41. The second-order valence-corrected chi connectivity index (χ2v) is 6.78. The van der Waals surface area contributed by atoms with E-state index in [1.165, 1.54) is 23.8 Å². The van der Waals surface area contributed by atoms with Crippen molar-refractivity contribution >= 4 is 34.7 Å². The second kappa shape index (κ2) is 6.61. The zero-order valence-corrected chi connectivity index (χ0v) is 14.1. The number of amides is 2. The molecule has 24 heavy (non-hydrogen) atoms. The van der Waals surface area contributed by atoms with E-state index in [1.54, 1.807) is 12.1 Å². The van der Waals surface area contributed by atoms with Gasteiger partial charge in [0, 0.05) is 0 Å². The molecule has 1 heterocycles. The molecule has 0 atom stereocenters. The Balaban J connectivity index is 1.90. The van der Waals surface area contributed by atoms with Crippen molar-refractivity contribution in [1.82, 2.24) is 0 Å². The van der Waals surface area contributed by atoms with Gasteiger partial charge in [-0.05, 0) is 47.0 Å². The molecule has 0 aromatic heterocycles. The summed E-state index contributed by atoms with van der Waals surface area (Å²) in [6.07, 6.45) is 1.66. The van der Waals surface area contributed by atoms with Gasteiger partial charge in [-0.15, -0.1) is 0 Å². The summed E-state index contributed by atoms with van der Waals surface area (Å²) >= 11 is 0.823. The molecule has 0 radical (unpaired) electrons. The van der Waals surface area contributed by atoms with E-state index in [4.69, 9.17) is 0 Å². The molecule has 1 fully saturated rings. The fourth-order valence-corrected chi connectivity index (χ4v) is 3.27. The van der Waals surface area contributed by atoms with Gasteiger partial charge < -0.3 is 0 Å². The summed E-state index contributed by atoms with van der Waals surface area (Å²) < 4.78 is 13.9. The Hall–Kier alpha value is -2.40. The van der Waals surface area contributed by atoms with Crippen molar-refractivity contribution in [3.8, 4) is 0 Å². The van der Waals surface area contributed by atoms with Crippen molar-refractivity contribution < 1.29 is 14.0 Å². The highest BCUT2D eigenvalue weighted by Gasteiger charge is 2.37. The number of hydrogen-bond donors (Lipinski definition) is 0. The van der Waals surface area contributed by atoms with Crippen LogP contribution in [0.2, 0.25) is 0 Å². The predicted molar refractivity (Wildman–Crippen MR) is 95.4 cm³/mol. The van der Waals surface area contributed by atoms with Gasteiger partial charge in [0.2, 0.25) is 0 Å². The number of thioether (sulfide) groups is 1. The molecule has 1 saturated heterocycles. The average molecular weight is 341 g/mol. The largest absolute Gasteiger partial charge is 0.298 e. The van der Waals surface area contributed by atoms with Gasteiger partial charge in [0.05, 0.1) is 10.6 Å². The van der Waals surface area contributed by atoms with Crippen LogP contribution in [0.25, 0.3) is 6.08 Å². The normalized spacial score (nSPS) is 16.5. The highest BCUT2D eigenvalue weighted by atomic mass is 32.2. The Labute approximate surface area is 144 Å². The van der Waals surface area contributed by atoms with Gasteiger partial charge in [-0.2, -0.15) is 0 Å². The predicted octanol–water partition coefficient (Wildman–Crippen LogP) is 5.19. The molecular formula is C19H16FNO2S. The van der Waals surface area contributed by atoms with Crippen LogP contribution in [-0.2, 0) is 4.79 Å². The van der Waals surface area contributed by atoms with Crippen LogP contribution in [0.5, 0.6) is 0 Å². The molecule has 5 heteroatoms. The van der Waals surface area contributed by atoms with Gasteiger partial charge in [0.15, 0.2) is 0 Å². The number of hydrogen-bond acceptors (Lipinski definition) is 3. The molecule has 3 nitrogen and oxygen atoms in total. The number of imide groups is 1. The Morgan fingerprint density at radius 3 is 2.33 bits per heavy atom. The number of para-hydroxylation sites is 1. The molecule has 1 aliphatic rings. The second-order valence-electron chi connectivity index (χ2n) is 5.79. The summed E-state index contributed by atoms with van der Waals surface area (Å²) in [7, 11) is 0. The minimum absolute atomic E-state index is 0.0152. The summed E-state index contributed by atoms with van der Waals surface area (Å²) in [5.74, 6) is -0.669. The lowest BCUT2D eigenvalue weighted by Gasteiger charge is -2.12. The van der Waals surface area contributed by atoms with Crippen LogP contribution < -0.4 is 4.90 Å². The topological polar surface area (TPSA) is 37.4 Å². The van der Waals surface area contributed by atoms with Gasteiger partial charge in [0.25, 0.3) is 11.1 Å². The van der Waals surface area contributed by atoms with Crippen molar-refractivity contribution in [3.63, 3.8) is 0 Å². The zero-order valence-electron chi connectivity index (χ0n) is 13.3. The molecule has 2 aromatic rings. The molecule has 0 aliphatic carbocycles. The fourth-order valence-electron chi connectivity index (χ4n) is 2.44. The van der Waals surface area contributed by atoms with Crippen LogP contribution in [0.1, 0.15) is 30.9 Å². The van der Waals surface area contributed by atoms with Gasteiger partial charge in [0.1, 0.15) is 5.82 Å². The van der Waals surface area contributed by atoms with E-state index in [-0.39, 0.29) is 5.69 Å². The van der Waals surface area contributed by atoms with Gasteiger partial charge >= 0.3 is 0 Å². The van der Waals surface area contributed by atoms with Crippen LogP contribution in [0.15, 0.2) is 53.4 Å². The summed E-state index contributed by atoms with van der Waals surface area (Å²) in [6.45, 7) is 4.21. The molecule has 1 aliphatic heterocycles. The van der Waals surface area contributed by atoms with Crippen LogP contribution >= 0.6 is 11.8 Å². The molecular weight excluding hydrogens is 325 g/mol. The summed E-state index contributed by atoms with van der Waals surface area (Å²) in [6, 6.07) is 13.6. The lowest BCUT2D eigenvalue weighted by Crippen LogP contribution is -2.28. The van der Waals surface area contributed by atoms with Gasteiger partial charge in [-0.3, -0.25) is 9.59 Å². The number of nitrogens with zero attached hydrogens (tertiary/aromatic N) is 1. The van der Waals surface area contributed by atoms with E-state index < -0.39 is 17.0 Å². The zero-order chi connectivity index (χ0) is 17.3. The molecule has 0 bridgehead atoms. The summed E-state index contributed by atoms with van der Waals surface area (Å²) in [4.78, 5) is 25.8. The third-order valence-corrected chi connectivity index (χ3v) is 4.66. The Morgan fingerprint density at radius 2 is 1.71 bits per heavy atom. The van der Waals surface area contributed by atoms with Crippen LogP contribution in [0, 0.1) is 5.82 Å². The third kappa shape index (κ3) is 3.12. The van der Waals surface area contributed by atoms with Crippen LogP contribution in [0.4, 0.5) is 14.9 Å². The standard InChI is InChI=1S/C19H16FNO2S/c1-12(2)14-9-7-13(8-10-14)11-17-18(22)21(19(23)24-17)16-6-4-3-5-15(16)20/h3-12H,1-2H3/b17-11-. The van der Waals surface area contributed by atoms with Crippen LogP contribution in [0.3, 0.4) is 0 Å². The van der Waals surface area contributed by atoms with E-state index in [2.05, 4.69) is 13.8 Å². The minimum Gasteiger partial charge on any atom is -0.268 e. The number of benzene rings is 2. The molecule has 2 amide bonds. The van der Waals surface area contributed by atoms with E-state index in [9.17, 15) is 14.0 Å². The van der Waals surface area contributed by atoms with Gasteiger partial charge in [-0.1, -0.05) is 50.2 Å². The number of anilines is 1. The first kappa shape index (κ1) is 16.5. The molecule has 3 rings (SSSR count). The molecule has 0 spiro atoms. The lowest BCUT2D eigenvalue weighted by atomic mass is 10.0. The smallest absolute Gasteiger partial charge is 0.268 e. The maximum absolute atomic E-state index is 13.9. The van der Waals surface area contributed by atoms with E-state index >= 15 is 0 Å². The first-order chi connectivity index (χ1) is 11.5. The summed E-state index contributed by atoms with van der Waals surface area (Å²) in [5, 5.41) is -0.491. The fraction of sp³-hybridized carbons (Fsp3) is 0.158.